The van der Waals surface area contributed by atoms with Crippen molar-refractivity contribution in [1.29, 1.82) is 0 Å². The molecular formula is C12H22ClN3O2S. The molecule has 0 spiro atoms. The van der Waals surface area contributed by atoms with Crippen molar-refractivity contribution in [2.24, 2.45) is 7.05 Å². The Morgan fingerprint density at radius 1 is 1.42 bits per heavy atom. The third-order valence-electron chi connectivity index (χ3n) is 2.94. The largest absolute Gasteiger partial charge is 0.313 e. The van der Waals surface area contributed by atoms with E-state index in [0.717, 1.165) is 24.4 Å². The number of aromatic nitrogens is 2. The number of likely N-dealkylation sites (N-methyl/N-ethyl adjacent to an activating group) is 1. The molecule has 0 aromatic carbocycles. The molecule has 1 heterocycles. The molecule has 110 valence electrons. The van der Waals surface area contributed by atoms with Crippen molar-refractivity contribution < 1.29 is 8.42 Å². The Balaban J connectivity index is 2.93. The molecule has 0 fully saturated rings. The van der Waals surface area contributed by atoms with Crippen LogP contribution in [0.15, 0.2) is 0 Å². The first-order valence-corrected chi connectivity index (χ1v) is 8.83. The lowest BCUT2D eigenvalue weighted by atomic mass is 10.1. The van der Waals surface area contributed by atoms with E-state index in [1.165, 1.54) is 6.26 Å². The Labute approximate surface area is 120 Å². The minimum Gasteiger partial charge on any atom is -0.313 e. The molecule has 0 amide bonds. The maximum absolute atomic E-state index is 11.4. The van der Waals surface area contributed by atoms with Crippen LogP contribution in [0.2, 0.25) is 5.02 Å². The van der Waals surface area contributed by atoms with Crippen LogP contribution < -0.4 is 5.32 Å². The second kappa shape index (κ2) is 6.72. The highest BCUT2D eigenvalue weighted by molar-refractivity contribution is 7.90. The van der Waals surface area contributed by atoms with Crippen LogP contribution in [-0.4, -0.2) is 42.8 Å². The molecule has 0 aliphatic heterocycles. The first-order chi connectivity index (χ1) is 8.78. The van der Waals surface area contributed by atoms with Gasteiger partial charge in [0.2, 0.25) is 0 Å². The van der Waals surface area contributed by atoms with Gasteiger partial charge >= 0.3 is 0 Å². The summed E-state index contributed by atoms with van der Waals surface area (Å²) in [6, 6.07) is -0.141. The maximum atomic E-state index is 11.4. The van der Waals surface area contributed by atoms with E-state index in [9.17, 15) is 8.42 Å². The van der Waals surface area contributed by atoms with Gasteiger partial charge in [0.1, 0.15) is 9.84 Å². The molecule has 0 aliphatic carbocycles. The average Bonchev–Trinajstić information content (AvgIpc) is 2.54. The molecule has 19 heavy (non-hydrogen) atoms. The van der Waals surface area contributed by atoms with Crippen molar-refractivity contribution >= 4 is 21.4 Å². The van der Waals surface area contributed by atoms with E-state index in [-0.39, 0.29) is 11.8 Å². The standard InChI is InChI=1S/C12H22ClN3O2S/c1-5-10-12(13)11(16(3)15-10)7-9(14-6-2)8-19(4,17)18/h9,14H,5-8H2,1-4H3. The summed E-state index contributed by atoms with van der Waals surface area (Å²) in [5.41, 5.74) is 1.74. The van der Waals surface area contributed by atoms with Gasteiger partial charge in [0.05, 0.1) is 22.2 Å². The lowest BCUT2D eigenvalue weighted by Crippen LogP contribution is -2.37. The van der Waals surface area contributed by atoms with E-state index in [2.05, 4.69) is 10.4 Å². The predicted octanol–water partition coefficient (Wildman–Crippen LogP) is 1.20. The smallest absolute Gasteiger partial charge is 0.148 e. The van der Waals surface area contributed by atoms with Gasteiger partial charge in [-0.25, -0.2) is 8.42 Å². The number of halogens is 1. The zero-order valence-corrected chi connectivity index (χ0v) is 13.5. The Bertz CT molecular complexity index is 525. The Kier molecular flexibility index (Phi) is 5.82. The number of rotatable bonds is 7. The molecule has 1 unspecified atom stereocenters. The Morgan fingerprint density at radius 3 is 2.47 bits per heavy atom. The van der Waals surface area contributed by atoms with Gasteiger partial charge in [-0.1, -0.05) is 25.4 Å². The van der Waals surface area contributed by atoms with Gasteiger partial charge in [-0.2, -0.15) is 5.10 Å². The van der Waals surface area contributed by atoms with Crippen LogP contribution >= 0.6 is 11.6 Å². The summed E-state index contributed by atoms with van der Waals surface area (Å²) in [4.78, 5) is 0. The highest BCUT2D eigenvalue weighted by Gasteiger charge is 2.20. The zero-order valence-electron chi connectivity index (χ0n) is 11.9. The third kappa shape index (κ3) is 4.78. The van der Waals surface area contributed by atoms with Crippen molar-refractivity contribution in [3.05, 3.63) is 16.4 Å². The monoisotopic (exact) mass is 307 g/mol. The molecule has 0 bridgehead atoms. The molecule has 0 saturated heterocycles. The molecule has 0 aliphatic rings. The zero-order chi connectivity index (χ0) is 14.6. The number of hydrogen-bond acceptors (Lipinski definition) is 4. The van der Waals surface area contributed by atoms with Gasteiger partial charge in [-0.05, 0) is 13.0 Å². The van der Waals surface area contributed by atoms with Crippen molar-refractivity contribution in [3.8, 4) is 0 Å². The topological polar surface area (TPSA) is 64.0 Å². The summed E-state index contributed by atoms with van der Waals surface area (Å²) in [5, 5.41) is 8.19. The number of hydrogen-bond donors (Lipinski definition) is 1. The van der Waals surface area contributed by atoms with Crippen molar-refractivity contribution in [3.63, 3.8) is 0 Å². The normalized spacial score (nSPS) is 13.7. The van der Waals surface area contributed by atoms with Gasteiger partial charge in [0, 0.05) is 25.8 Å². The third-order valence-corrected chi connectivity index (χ3v) is 4.38. The second-order valence-corrected chi connectivity index (χ2v) is 7.30. The summed E-state index contributed by atoms with van der Waals surface area (Å²) in [7, 11) is -1.19. The fourth-order valence-electron chi connectivity index (χ4n) is 2.12. The van der Waals surface area contributed by atoms with Crippen LogP contribution in [0.5, 0.6) is 0 Å². The molecule has 1 atom stereocenters. The van der Waals surface area contributed by atoms with E-state index in [0.29, 0.717) is 11.4 Å². The molecule has 7 heteroatoms. The van der Waals surface area contributed by atoms with E-state index >= 15 is 0 Å². The van der Waals surface area contributed by atoms with Gasteiger partial charge in [0.15, 0.2) is 0 Å². The van der Waals surface area contributed by atoms with E-state index < -0.39 is 9.84 Å². The summed E-state index contributed by atoms with van der Waals surface area (Å²) in [5.74, 6) is 0.101. The lowest BCUT2D eigenvalue weighted by Gasteiger charge is -2.17. The number of sulfone groups is 1. The first kappa shape index (κ1) is 16.5. The summed E-state index contributed by atoms with van der Waals surface area (Å²) in [6.07, 6.45) is 2.58. The molecule has 0 radical (unpaired) electrons. The summed E-state index contributed by atoms with van der Waals surface area (Å²) >= 11 is 6.28. The molecule has 1 aromatic rings. The summed E-state index contributed by atoms with van der Waals surface area (Å²) < 4.78 is 24.6. The molecule has 1 aromatic heterocycles. The molecule has 5 nitrogen and oxygen atoms in total. The van der Waals surface area contributed by atoms with Crippen LogP contribution in [-0.2, 0) is 29.7 Å². The van der Waals surface area contributed by atoms with Crippen molar-refractivity contribution in [2.45, 2.75) is 32.7 Å². The Morgan fingerprint density at radius 2 is 2.05 bits per heavy atom. The second-order valence-electron chi connectivity index (χ2n) is 4.74. The highest BCUT2D eigenvalue weighted by atomic mass is 35.5. The summed E-state index contributed by atoms with van der Waals surface area (Å²) in [6.45, 7) is 4.67. The van der Waals surface area contributed by atoms with E-state index in [4.69, 9.17) is 11.6 Å². The van der Waals surface area contributed by atoms with Crippen LogP contribution in [0.3, 0.4) is 0 Å². The predicted molar refractivity (Wildman–Crippen MR) is 78.5 cm³/mol. The number of aryl methyl sites for hydroxylation is 2. The SMILES string of the molecule is CCNC(Cc1c(Cl)c(CC)nn1C)CS(C)(=O)=O. The van der Waals surface area contributed by atoms with Crippen molar-refractivity contribution in [1.82, 2.24) is 15.1 Å². The van der Waals surface area contributed by atoms with Crippen LogP contribution in [0.1, 0.15) is 25.2 Å². The van der Waals surface area contributed by atoms with E-state index in [1.54, 1.807) is 4.68 Å². The van der Waals surface area contributed by atoms with Gasteiger partial charge < -0.3 is 5.32 Å². The molecular weight excluding hydrogens is 286 g/mol. The van der Waals surface area contributed by atoms with Gasteiger partial charge in [-0.15, -0.1) is 0 Å². The molecule has 0 saturated carbocycles. The maximum Gasteiger partial charge on any atom is 0.148 e. The van der Waals surface area contributed by atoms with Gasteiger partial charge in [0.25, 0.3) is 0 Å². The highest BCUT2D eigenvalue weighted by Crippen LogP contribution is 2.22. The fraction of sp³-hybridized carbons (Fsp3) is 0.750. The van der Waals surface area contributed by atoms with Crippen LogP contribution in [0.4, 0.5) is 0 Å². The van der Waals surface area contributed by atoms with E-state index in [1.807, 2.05) is 20.9 Å². The van der Waals surface area contributed by atoms with Crippen LogP contribution in [0.25, 0.3) is 0 Å². The van der Waals surface area contributed by atoms with Crippen LogP contribution in [0, 0.1) is 0 Å². The van der Waals surface area contributed by atoms with Crippen molar-refractivity contribution in [2.75, 3.05) is 18.6 Å². The minimum atomic E-state index is -3.03. The quantitative estimate of drug-likeness (QED) is 0.822. The number of nitrogens with one attached hydrogen (secondary N) is 1. The first-order valence-electron chi connectivity index (χ1n) is 6.39. The average molecular weight is 308 g/mol. The molecule has 1 N–H and O–H groups in total. The minimum absolute atomic E-state index is 0.101. The Hall–Kier alpha value is -0.590. The number of nitrogens with zero attached hydrogens (tertiary/aromatic N) is 2. The fourth-order valence-corrected chi connectivity index (χ4v) is 3.46. The lowest BCUT2D eigenvalue weighted by molar-refractivity contribution is 0.529. The van der Waals surface area contributed by atoms with Gasteiger partial charge in [-0.3, -0.25) is 4.68 Å². The molecule has 1 rings (SSSR count).